The Hall–Kier alpha value is -1.92. The van der Waals surface area contributed by atoms with Gasteiger partial charge in [-0.3, -0.25) is 4.79 Å². The van der Waals surface area contributed by atoms with Gasteiger partial charge in [0.05, 0.1) is 6.54 Å². The average Bonchev–Trinajstić information content (AvgIpc) is 2.23. The van der Waals surface area contributed by atoms with E-state index >= 15 is 0 Å². The highest BCUT2D eigenvalue weighted by Gasteiger charge is 2.13. The van der Waals surface area contributed by atoms with E-state index in [4.69, 9.17) is 5.73 Å². The first-order valence-electron chi connectivity index (χ1n) is 5.85. The number of aromatic nitrogens is 3. The minimum absolute atomic E-state index is 0.101. The molecule has 0 spiro atoms. The van der Waals surface area contributed by atoms with E-state index in [0.717, 1.165) is 0 Å². The van der Waals surface area contributed by atoms with Gasteiger partial charge in [-0.2, -0.15) is 15.0 Å². The van der Waals surface area contributed by atoms with Crippen molar-refractivity contribution in [1.29, 1.82) is 0 Å². The number of nitrogens with one attached hydrogen (secondary N) is 2. The van der Waals surface area contributed by atoms with Crippen LogP contribution < -0.4 is 16.4 Å². The lowest BCUT2D eigenvalue weighted by molar-refractivity contribution is -0.120. The molecule has 18 heavy (non-hydrogen) atoms. The molecule has 0 radical (unpaired) electrons. The molecule has 1 heterocycles. The Balaban J connectivity index is 2.58. The molecule has 0 aromatic carbocycles. The Bertz CT molecular complexity index is 426. The average molecular weight is 252 g/mol. The molecular weight excluding hydrogens is 232 g/mol. The maximum absolute atomic E-state index is 11.6. The minimum atomic E-state index is -0.258. The maximum atomic E-state index is 11.6. The van der Waals surface area contributed by atoms with Gasteiger partial charge in [-0.05, 0) is 20.8 Å². The minimum Gasteiger partial charge on any atom is -0.368 e. The van der Waals surface area contributed by atoms with Gasteiger partial charge in [-0.15, -0.1) is 0 Å². The first-order valence-corrected chi connectivity index (χ1v) is 5.85. The summed E-state index contributed by atoms with van der Waals surface area (Å²) in [5.41, 5.74) is 5.28. The predicted octanol–water partition coefficient (Wildman–Crippen LogP) is 0.343. The molecule has 1 aromatic heterocycles. The van der Waals surface area contributed by atoms with E-state index in [1.807, 2.05) is 27.7 Å². The summed E-state index contributed by atoms with van der Waals surface area (Å²) >= 11 is 0. The number of aryl methyl sites for hydroxylation is 1. The van der Waals surface area contributed by atoms with Crippen LogP contribution >= 0.6 is 0 Å². The number of hydrogen-bond donors (Lipinski definition) is 3. The van der Waals surface area contributed by atoms with Crippen molar-refractivity contribution in [2.75, 3.05) is 17.6 Å². The second kappa shape index (κ2) is 5.61. The van der Waals surface area contributed by atoms with Crippen molar-refractivity contribution < 1.29 is 4.79 Å². The van der Waals surface area contributed by atoms with E-state index in [2.05, 4.69) is 25.6 Å². The van der Waals surface area contributed by atoms with E-state index < -0.39 is 0 Å². The van der Waals surface area contributed by atoms with Gasteiger partial charge in [0.15, 0.2) is 0 Å². The molecule has 0 bridgehead atoms. The quantitative estimate of drug-likeness (QED) is 0.713. The van der Waals surface area contributed by atoms with Gasteiger partial charge in [0, 0.05) is 12.0 Å². The standard InChI is InChI=1S/C11H20N6O/c1-5-7-14-9(12)16-10(15-7)13-6-8(18)17-11(2,3)4/h5-6H2,1-4H3,(H,17,18)(H3,12,13,14,15,16). The van der Waals surface area contributed by atoms with Crippen LogP contribution in [0.1, 0.15) is 33.5 Å². The monoisotopic (exact) mass is 252 g/mol. The Morgan fingerprint density at radius 3 is 2.50 bits per heavy atom. The van der Waals surface area contributed by atoms with Crippen LogP contribution in [0, 0.1) is 0 Å². The highest BCUT2D eigenvalue weighted by molar-refractivity contribution is 5.80. The zero-order chi connectivity index (χ0) is 13.8. The molecule has 7 heteroatoms. The topological polar surface area (TPSA) is 106 Å². The third-order valence-electron chi connectivity index (χ3n) is 1.94. The lowest BCUT2D eigenvalue weighted by Crippen LogP contribution is -2.43. The van der Waals surface area contributed by atoms with E-state index in [1.54, 1.807) is 0 Å². The van der Waals surface area contributed by atoms with E-state index in [9.17, 15) is 4.79 Å². The fourth-order valence-corrected chi connectivity index (χ4v) is 1.30. The fourth-order valence-electron chi connectivity index (χ4n) is 1.30. The summed E-state index contributed by atoms with van der Waals surface area (Å²) < 4.78 is 0. The van der Waals surface area contributed by atoms with Crippen molar-refractivity contribution >= 4 is 17.8 Å². The number of rotatable bonds is 4. The molecule has 0 atom stereocenters. The van der Waals surface area contributed by atoms with E-state index in [1.165, 1.54) is 0 Å². The van der Waals surface area contributed by atoms with Crippen molar-refractivity contribution in [1.82, 2.24) is 20.3 Å². The van der Waals surface area contributed by atoms with E-state index in [-0.39, 0.29) is 23.9 Å². The van der Waals surface area contributed by atoms with Gasteiger partial charge in [0.25, 0.3) is 0 Å². The number of nitrogen functional groups attached to an aromatic ring is 1. The molecule has 0 saturated carbocycles. The third-order valence-corrected chi connectivity index (χ3v) is 1.94. The number of nitrogens with two attached hydrogens (primary N) is 1. The highest BCUT2D eigenvalue weighted by atomic mass is 16.2. The van der Waals surface area contributed by atoms with Crippen LogP contribution in [-0.2, 0) is 11.2 Å². The summed E-state index contributed by atoms with van der Waals surface area (Å²) in [5.74, 6) is 0.949. The molecule has 7 nitrogen and oxygen atoms in total. The smallest absolute Gasteiger partial charge is 0.239 e. The first kappa shape index (κ1) is 14.1. The van der Waals surface area contributed by atoms with Crippen LogP contribution in [0.3, 0.4) is 0 Å². The largest absolute Gasteiger partial charge is 0.368 e. The molecule has 0 aliphatic heterocycles. The third kappa shape index (κ3) is 4.94. The fraction of sp³-hybridized carbons (Fsp3) is 0.636. The molecule has 1 aromatic rings. The van der Waals surface area contributed by atoms with Crippen LogP contribution in [0.4, 0.5) is 11.9 Å². The van der Waals surface area contributed by atoms with Crippen LogP contribution in [0.5, 0.6) is 0 Å². The normalized spacial score (nSPS) is 11.1. The highest BCUT2D eigenvalue weighted by Crippen LogP contribution is 2.03. The number of carbonyl (C=O) groups is 1. The maximum Gasteiger partial charge on any atom is 0.239 e. The van der Waals surface area contributed by atoms with Gasteiger partial charge in [0.2, 0.25) is 17.8 Å². The summed E-state index contributed by atoms with van der Waals surface area (Å²) in [5, 5.41) is 5.66. The molecule has 1 amide bonds. The predicted molar refractivity (Wildman–Crippen MR) is 70.0 cm³/mol. The molecule has 0 unspecified atom stereocenters. The molecular formula is C11H20N6O. The zero-order valence-electron chi connectivity index (χ0n) is 11.2. The zero-order valence-corrected chi connectivity index (χ0v) is 11.2. The van der Waals surface area contributed by atoms with Crippen molar-refractivity contribution in [3.8, 4) is 0 Å². The number of anilines is 2. The molecule has 0 aliphatic carbocycles. The first-order chi connectivity index (χ1) is 8.30. The summed E-state index contributed by atoms with van der Waals surface area (Å²) in [6, 6.07) is 0. The molecule has 1 rings (SSSR count). The van der Waals surface area contributed by atoms with Gasteiger partial charge in [-0.1, -0.05) is 6.92 Å². The van der Waals surface area contributed by atoms with Crippen LogP contribution in [0.25, 0.3) is 0 Å². The van der Waals surface area contributed by atoms with Crippen LogP contribution in [0.15, 0.2) is 0 Å². The van der Waals surface area contributed by atoms with Crippen LogP contribution in [-0.4, -0.2) is 32.9 Å². The SMILES string of the molecule is CCc1nc(N)nc(NCC(=O)NC(C)(C)C)n1. The van der Waals surface area contributed by atoms with Crippen molar-refractivity contribution in [2.45, 2.75) is 39.7 Å². The van der Waals surface area contributed by atoms with Gasteiger partial charge >= 0.3 is 0 Å². The van der Waals surface area contributed by atoms with Gasteiger partial charge in [-0.25, -0.2) is 0 Å². The summed E-state index contributed by atoms with van der Waals surface area (Å²) in [6.07, 6.45) is 0.662. The van der Waals surface area contributed by atoms with Crippen LogP contribution in [0.2, 0.25) is 0 Å². The van der Waals surface area contributed by atoms with Gasteiger partial charge in [0.1, 0.15) is 5.82 Å². The summed E-state index contributed by atoms with van der Waals surface area (Å²) in [6.45, 7) is 7.78. The molecule has 0 aliphatic rings. The van der Waals surface area contributed by atoms with Gasteiger partial charge < -0.3 is 16.4 Å². The summed E-state index contributed by atoms with van der Waals surface area (Å²) in [7, 11) is 0. The lowest BCUT2D eigenvalue weighted by atomic mass is 10.1. The summed E-state index contributed by atoms with van der Waals surface area (Å²) in [4.78, 5) is 23.6. The van der Waals surface area contributed by atoms with E-state index in [0.29, 0.717) is 18.2 Å². The second-order valence-electron chi connectivity index (χ2n) is 4.94. The van der Waals surface area contributed by atoms with Crippen molar-refractivity contribution in [2.24, 2.45) is 0 Å². The number of nitrogens with zero attached hydrogens (tertiary/aromatic N) is 3. The number of amides is 1. The Morgan fingerprint density at radius 1 is 1.28 bits per heavy atom. The van der Waals surface area contributed by atoms with Crippen molar-refractivity contribution in [3.05, 3.63) is 5.82 Å². The lowest BCUT2D eigenvalue weighted by Gasteiger charge is -2.20. The Labute approximate surface area is 107 Å². The second-order valence-corrected chi connectivity index (χ2v) is 4.94. The van der Waals surface area contributed by atoms with Crippen molar-refractivity contribution in [3.63, 3.8) is 0 Å². The molecule has 0 saturated heterocycles. The molecule has 0 fully saturated rings. The Kier molecular flexibility index (Phi) is 4.41. The Morgan fingerprint density at radius 2 is 1.94 bits per heavy atom. The molecule has 4 N–H and O–H groups in total. The number of carbonyl (C=O) groups excluding carboxylic acids is 1. The molecule has 100 valence electrons. The number of hydrogen-bond acceptors (Lipinski definition) is 6.